The fourth-order valence-electron chi connectivity index (χ4n) is 2.82. The summed E-state index contributed by atoms with van der Waals surface area (Å²) in [6.07, 6.45) is 4.48. The third-order valence-electron chi connectivity index (χ3n) is 3.71. The van der Waals surface area contributed by atoms with Crippen molar-refractivity contribution in [1.82, 2.24) is 0 Å². The van der Waals surface area contributed by atoms with Crippen molar-refractivity contribution < 1.29 is 14.6 Å². The third-order valence-corrected chi connectivity index (χ3v) is 3.71. The van der Waals surface area contributed by atoms with E-state index >= 15 is 0 Å². The zero-order chi connectivity index (χ0) is 13.0. The van der Waals surface area contributed by atoms with Gasteiger partial charge in [-0.2, -0.15) is 0 Å². The molecular formula is C15H20O3. The molecule has 0 atom stereocenters. The molecule has 0 aliphatic heterocycles. The summed E-state index contributed by atoms with van der Waals surface area (Å²) in [7, 11) is 0. The van der Waals surface area contributed by atoms with Crippen LogP contribution < -0.4 is 0 Å². The van der Waals surface area contributed by atoms with Crippen LogP contribution in [0.3, 0.4) is 0 Å². The highest BCUT2D eigenvalue weighted by Gasteiger charge is 2.25. The molecule has 0 radical (unpaired) electrons. The second kappa shape index (κ2) is 6.01. The Morgan fingerprint density at radius 2 is 1.94 bits per heavy atom. The lowest BCUT2D eigenvalue weighted by Gasteiger charge is -2.29. The van der Waals surface area contributed by atoms with E-state index in [0.29, 0.717) is 17.6 Å². The maximum absolute atomic E-state index is 11.2. The van der Waals surface area contributed by atoms with Crippen LogP contribution in [0.5, 0.6) is 0 Å². The lowest BCUT2D eigenvalue weighted by molar-refractivity contribution is 0.0327. The number of aromatic carboxylic acids is 1. The van der Waals surface area contributed by atoms with Gasteiger partial charge in [0, 0.05) is 6.61 Å². The Bertz CT molecular complexity index is 406. The first kappa shape index (κ1) is 13.1. The summed E-state index contributed by atoms with van der Waals surface area (Å²) in [4.78, 5) is 11.2. The first-order chi connectivity index (χ1) is 8.72. The number of carboxylic acid groups (broad SMARTS) is 1. The predicted molar refractivity (Wildman–Crippen MR) is 70.0 cm³/mol. The number of rotatable bonds is 4. The van der Waals surface area contributed by atoms with Gasteiger partial charge in [-0.05, 0) is 50.2 Å². The van der Waals surface area contributed by atoms with Gasteiger partial charge in [-0.3, -0.25) is 0 Å². The summed E-state index contributed by atoms with van der Waals surface area (Å²) in [5, 5.41) is 9.21. The molecule has 1 N–H and O–H groups in total. The fraction of sp³-hybridized carbons (Fsp3) is 0.533. The Labute approximate surface area is 108 Å². The average molecular weight is 248 g/mol. The maximum Gasteiger partial charge on any atom is 0.335 e. The smallest absolute Gasteiger partial charge is 0.335 e. The lowest BCUT2D eigenvalue weighted by atomic mass is 9.81. The molecule has 1 saturated carbocycles. The van der Waals surface area contributed by atoms with Crippen molar-refractivity contribution in [3.05, 3.63) is 35.4 Å². The van der Waals surface area contributed by atoms with E-state index in [4.69, 9.17) is 4.74 Å². The summed E-state index contributed by atoms with van der Waals surface area (Å²) in [6.45, 7) is 2.78. The van der Waals surface area contributed by atoms with Crippen molar-refractivity contribution in [3.8, 4) is 0 Å². The van der Waals surface area contributed by atoms with E-state index in [-0.39, 0.29) is 0 Å². The van der Waals surface area contributed by atoms with Gasteiger partial charge >= 0.3 is 5.97 Å². The molecule has 0 aromatic heterocycles. The van der Waals surface area contributed by atoms with Gasteiger partial charge in [0.05, 0.1) is 11.7 Å². The largest absolute Gasteiger partial charge is 0.478 e. The molecule has 0 unspecified atom stereocenters. The first-order valence-corrected chi connectivity index (χ1v) is 6.66. The van der Waals surface area contributed by atoms with Crippen molar-refractivity contribution >= 4 is 5.97 Å². The van der Waals surface area contributed by atoms with Crippen LogP contribution in [0.15, 0.2) is 24.3 Å². The average Bonchev–Trinajstić information content (AvgIpc) is 2.40. The van der Waals surface area contributed by atoms with Gasteiger partial charge in [0.2, 0.25) is 0 Å². The summed E-state index contributed by atoms with van der Waals surface area (Å²) < 4.78 is 5.63. The van der Waals surface area contributed by atoms with Crippen molar-refractivity contribution in [1.29, 1.82) is 0 Å². The minimum atomic E-state index is -0.822. The van der Waals surface area contributed by atoms with Crippen LogP contribution in [0, 0.1) is 0 Å². The lowest BCUT2D eigenvalue weighted by Crippen LogP contribution is -2.21. The normalized spacial score (nSPS) is 23.8. The van der Waals surface area contributed by atoms with Crippen LogP contribution >= 0.6 is 0 Å². The zero-order valence-electron chi connectivity index (χ0n) is 10.8. The number of benzene rings is 1. The van der Waals surface area contributed by atoms with Gasteiger partial charge in [0.15, 0.2) is 0 Å². The highest BCUT2D eigenvalue weighted by atomic mass is 16.5. The predicted octanol–water partition coefficient (Wildman–Crippen LogP) is 3.45. The summed E-state index contributed by atoms with van der Waals surface area (Å²) in [5.41, 5.74) is 1.44. The zero-order valence-corrected chi connectivity index (χ0v) is 10.8. The molecule has 0 saturated heterocycles. The molecular weight excluding hydrogens is 228 g/mol. The van der Waals surface area contributed by atoms with Gasteiger partial charge in [0.1, 0.15) is 0 Å². The van der Waals surface area contributed by atoms with E-state index in [1.54, 1.807) is 12.1 Å². The first-order valence-electron chi connectivity index (χ1n) is 6.66. The molecule has 3 heteroatoms. The molecule has 1 aliphatic carbocycles. The minimum absolute atomic E-state index is 0.364. The van der Waals surface area contributed by atoms with Gasteiger partial charge < -0.3 is 9.84 Å². The Hall–Kier alpha value is -1.35. The number of hydrogen-bond acceptors (Lipinski definition) is 2. The van der Waals surface area contributed by atoms with Crippen molar-refractivity contribution in [2.45, 2.75) is 44.6 Å². The Morgan fingerprint density at radius 1 is 1.28 bits per heavy atom. The molecule has 98 valence electrons. The van der Waals surface area contributed by atoms with E-state index in [9.17, 15) is 9.90 Å². The number of carbonyl (C=O) groups is 1. The van der Waals surface area contributed by atoms with Crippen molar-refractivity contribution in [3.63, 3.8) is 0 Å². The monoisotopic (exact) mass is 248 g/mol. The molecule has 18 heavy (non-hydrogen) atoms. The van der Waals surface area contributed by atoms with Crippen LogP contribution in [0.1, 0.15) is 54.4 Å². The van der Waals surface area contributed by atoms with E-state index in [0.717, 1.165) is 37.9 Å². The van der Waals surface area contributed by atoms with Gasteiger partial charge in [0.25, 0.3) is 0 Å². The molecule has 0 heterocycles. The highest BCUT2D eigenvalue weighted by Crippen LogP contribution is 2.35. The second-order valence-corrected chi connectivity index (χ2v) is 4.82. The molecule has 0 amide bonds. The molecule has 1 fully saturated rings. The molecule has 0 spiro atoms. The third kappa shape index (κ3) is 2.91. The molecule has 1 aliphatic rings. The van der Waals surface area contributed by atoms with E-state index in [1.165, 1.54) is 0 Å². The van der Waals surface area contributed by atoms with Crippen LogP contribution in [0.4, 0.5) is 0 Å². The van der Waals surface area contributed by atoms with Crippen LogP contribution in [0.2, 0.25) is 0 Å². The van der Waals surface area contributed by atoms with E-state index < -0.39 is 5.97 Å². The summed E-state index contributed by atoms with van der Waals surface area (Å²) in [6, 6.07) is 7.37. The van der Waals surface area contributed by atoms with Gasteiger partial charge in [-0.1, -0.05) is 18.2 Å². The molecule has 2 rings (SSSR count). The van der Waals surface area contributed by atoms with E-state index in [1.807, 2.05) is 19.1 Å². The number of carboxylic acids is 1. The second-order valence-electron chi connectivity index (χ2n) is 4.82. The standard InChI is InChI=1S/C15H20O3/c1-2-18-12-9-7-11(8-10-12)13-5-3-4-6-14(13)15(16)17/h3-6,11-12H,2,7-10H2,1H3,(H,16,17). The van der Waals surface area contributed by atoms with Crippen LogP contribution in [-0.2, 0) is 4.74 Å². The summed E-state index contributed by atoms with van der Waals surface area (Å²) in [5.74, 6) is -0.452. The number of hydrogen-bond donors (Lipinski definition) is 1. The highest BCUT2D eigenvalue weighted by molar-refractivity contribution is 5.89. The Morgan fingerprint density at radius 3 is 2.56 bits per heavy atom. The molecule has 3 nitrogen and oxygen atoms in total. The van der Waals surface area contributed by atoms with Crippen molar-refractivity contribution in [2.24, 2.45) is 0 Å². The molecule has 1 aromatic rings. The maximum atomic E-state index is 11.2. The summed E-state index contributed by atoms with van der Waals surface area (Å²) >= 11 is 0. The Balaban J connectivity index is 2.07. The quantitative estimate of drug-likeness (QED) is 0.887. The van der Waals surface area contributed by atoms with E-state index in [2.05, 4.69) is 0 Å². The van der Waals surface area contributed by atoms with Crippen LogP contribution in [-0.4, -0.2) is 23.8 Å². The van der Waals surface area contributed by atoms with Gasteiger partial charge in [-0.25, -0.2) is 4.79 Å². The Kier molecular flexibility index (Phi) is 4.37. The van der Waals surface area contributed by atoms with Crippen LogP contribution in [0.25, 0.3) is 0 Å². The molecule has 0 bridgehead atoms. The van der Waals surface area contributed by atoms with Gasteiger partial charge in [-0.15, -0.1) is 0 Å². The SMILES string of the molecule is CCOC1CCC(c2ccccc2C(=O)O)CC1. The fourth-order valence-corrected chi connectivity index (χ4v) is 2.82. The minimum Gasteiger partial charge on any atom is -0.478 e. The molecule has 1 aromatic carbocycles. The number of ether oxygens (including phenoxy) is 1. The van der Waals surface area contributed by atoms with Crippen molar-refractivity contribution in [2.75, 3.05) is 6.61 Å². The topological polar surface area (TPSA) is 46.5 Å².